The summed E-state index contributed by atoms with van der Waals surface area (Å²) in [6, 6.07) is 5.03. The molecule has 0 spiro atoms. The minimum Gasteiger partial charge on any atom is -0.481 e. The lowest BCUT2D eigenvalue weighted by Crippen LogP contribution is -2.41. The minimum absolute atomic E-state index is 0.189. The number of carbonyl (C=O) groups is 2. The van der Waals surface area contributed by atoms with Gasteiger partial charge in [0, 0.05) is 11.7 Å². The Morgan fingerprint density at radius 1 is 1.29 bits per heavy atom. The largest absolute Gasteiger partial charge is 0.481 e. The molecule has 1 rings (SSSR count). The third kappa shape index (κ3) is 6.89. The average molecular weight is 336 g/mol. The summed E-state index contributed by atoms with van der Waals surface area (Å²) in [6.45, 7) is 9.39. The van der Waals surface area contributed by atoms with Gasteiger partial charge in [-0.15, -0.1) is 0 Å². The van der Waals surface area contributed by atoms with E-state index >= 15 is 0 Å². The lowest BCUT2D eigenvalue weighted by atomic mass is 9.92. The molecule has 134 valence electrons. The van der Waals surface area contributed by atoms with Crippen molar-refractivity contribution >= 4 is 17.7 Å². The molecule has 6 heteroatoms. The smallest absolute Gasteiger partial charge is 0.407 e. The molecule has 0 unspecified atom stereocenters. The summed E-state index contributed by atoms with van der Waals surface area (Å²) in [6.07, 6.45) is -0.431. The van der Waals surface area contributed by atoms with E-state index in [0.717, 1.165) is 11.1 Å². The number of anilines is 1. The molecule has 0 saturated carbocycles. The first-order valence-electron chi connectivity index (χ1n) is 8.07. The van der Waals surface area contributed by atoms with Crippen molar-refractivity contribution in [3.63, 3.8) is 0 Å². The number of nitrogen functional groups attached to an aromatic ring is 1. The molecule has 0 aromatic heterocycles. The zero-order valence-electron chi connectivity index (χ0n) is 15.1. The van der Waals surface area contributed by atoms with Gasteiger partial charge in [0.15, 0.2) is 0 Å². The summed E-state index contributed by atoms with van der Waals surface area (Å²) >= 11 is 0. The van der Waals surface area contributed by atoms with Crippen molar-refractivity contribution in [3.8, 4) is 0 Å². The monoisotopic (exact) mass is 336 g/mol. The van der Waals surface area contributed by atoms with Crippen LogP contribution >= 0.6 is 0 Å². The number of carboxylic acid groups (broad SMARTS) is 1. The lowest BCUT2D eigenvalue weighted by Gasteiger charge is -2.24. The van der Waals surface area contributed by atoms with Gasteiger partial charge in [-0.25, -0.2) is 4.79 Å². The number of aliphatic carboxylic acids is 1. The second-order valence-electron chi connectivity index (χ2n) is 7.26. The molecule has 0 aliphatic heterocycles. The van der Waals surface area contributed by atoms with E-state index in [-0.39, 0.29) is 12.3 Å². The van der Waals surface area contributed by atoms with E-state index in [4.69, 9.17) is 15.6 Å². The molecule has 24 heavy (non-hydrogen) atoms. The molecule has 6 nitrogen and oxygen atoms in total. The van der Waals surface area contributed by atoms with Crippen molar-refractivity contribution in [1.82, 2.24) is 5.32 Å². The summed E-state index contributed by atoms with van der Waals surface area (Å²) in [5.41, 5.74) is 7.86. The Morgan fingerprint density at radius 2 is 1.92 bits per heavy atom. The predicted octanol–water partition coefficient (Wildman–Crippen LogP) is 3.30. The number of carbonyl (C=O) groups excluding carboxylic acids is 1. The maximum absolute atomic E-state index is 12.0. The summed E-state index contributed by atoms with van der Waals surface area (Å²) in [4.78, 5) is 23.1. The summed E-state index contributed by atoms with van der Waals surface area (Å²) < 4.78 is 5.22. The zero-order valence-corrected chi connectivity index (χ0v) is 15.1. The molecular weight excluding hydrogens is 308 g/mol. The normalized spacial score (nSPS) is 12.8. The van der Waals surface area contributed by atoms with E-state index in [0.29, 0.717) is 12.1 Å². The molecule has 0 heterocycles. The molecule has 1 atom stereocenters. The fourth-order valence-electron chi connectivity index (χ4n) is 2.49. The van der Waals surface area contributed by atoms with Gasteiger partial charge in [-0.3, -0.25) is 4.79 Å². The first kappa shape index (κ1) is 19.8. The van der Waals surface area contributed by atoms with Crippen LogP contribution in [-0.2, 0) is 16.0 Å². The molecule has 0 bridgehead atoms. The van der Waals surface area contributed by atoms with Crippen molar-refractivity contribution < 1.29 is 19.4 Å². The molecule has 0 aliphatic rings. The van der Waals surface area contributed by atoms with Crippen LogP contribution in [0.25, 0.3) is 0 Å². The van der Waals surface area contributed by atoms with Crippen molar-refractivity contribution in [2.24, 2.45) is 0 Å². The van der Waals surface area contributed by atoms with Crippen LogP contribution in [0.4, 0.5) is 10.5 Å². The molecule has 0 radical (unpaired) electrons. The number of rotatable bonds is 6. The second kappa shape index (κ2) is 8.04. The van der Waals surface area contributed by atoms with E-state index in [1.807, 2.05) is 18.2 Å². The van der Waals surface area contributed by atoms with Crippen LogP contribution in [0.5, 0.6) is 0 Å². The molecule has 0 aliphatic carbocycles. The van der Waals surface area contributed by atoms with E-state index in [1.165, 1.54) is 0 Å². The van der Waals surface area contributed by atoms with Crippen molar-refractivity contribution in [2.45, 2.75) is 65.0 Å². The van der Waals surface area contributed by atoms with Gasteiger partial charge in [-0.1, -0.05) is 19.9 Å². The van der Waals surface area contributed by atoms with E-state index in [1.54, 1.807) is 20.8 Å². The fourth-order valence-corrected chi connectivity index (χ4v) is 2.49. The molecule has 4 N–H and O–H groups in total. The first-order chi connectivity index (χ1) is 11.0. The van der Waals surface area contributed by atoms with Crippen LogP contribution in [0.1, 0.15) is 58.1 Å². The molecule has 1 amide bonds. The molecular formula is C18H28N2O4. The van der Waals surface area contributed by atoms with Gasteiger partial charge >= 0.3 is 12.1 Å². The van der Waals surface area contributed by atoms with Gasteiger partial charge in [-0.05, 0) is 56.4 Å². The topological polar surface area (TPSA) is 102 Å². The fraction of sp³-hybridized carbons (Fsp3) is 0.556. The Balaban J connectivity index is 2.96. The zero-order chi connectivity index (χ0) is 18.5. The number of hydrogen-bond acceptors (Lipinski definition) is 4. The van der Waals surface area contributed by atoms with E-state index in [9.17, 15) is 9.59 Å². The third-order valence-electron chi connectivity index (χ3n) is 3.40. The van der Waals surface area contributed by atoms with Crippen LogP contribution in [0.2, 0.25) is 0 Å². The Labute approximate surface area is 143 Å². The summed E-state index contributed by atoms with van der Waals surface area (Å²) in [5.74, 6) is -0.710. The van der Waals surface area contributed by atoms with Gasteiger partial charge in [0.25, 0.3) is 0 Å². The van der Waals surface area contributed by atoms with Crippen LogP contribution in [0.15, 0.2) is 18.2 Å². The average Bonchev–Trinajstić information content (AvgIpc) is 2.34. The Kier molecular flexibility index (Phi) is 6.63. The highest BCUT2D eigenvalue weighted by Crippen LogP contribution is 2.24. The predicted molar refractivity (Wildman–Crippen MR) is 94.1 cm³/mol. The number of benzene rings is 1. The third-order valence-corrected chi connectivity index (χ3v) is 3.40. The van der Waals surface area contributed by atoms with Crippen LogP contribution in [0, 0.1) is 0 Å². The van der Waals surface area contributed by atoms with Gasteiger partial charge in [0.05, 0.1) is 6.42 Å². The number of carboxylic acids is 1. The van der Waals surface area contributed by atoms with Crippen molar-refractivity contribution in [3.05, 3.63) is 29.3 Å². The Hall–Kier alpha value is -2.24. The minimum atomic E-state index is -0.981. The summed E-state index contributed by atoms with van der Waals surface area (Å²) in [7, 11) is 0. The van der Waals surface area contributed by atoms with Crippen molar-refractivity contribution in [1.29, 1.82) is 0 Å². The quantitative estimate of drug-likeness (QED) is 0.692. The van der Waals surface area contributed by atoms with Crippen LogP contribution in [0.3, 0.4) is 0 Å². The van der Waals surface area contributed by atoms with Gasteiger partial charge in [-0.2, -0.15) is 0 Å². The highest BCUT2D eigenvalue weighted by molar-refractivity contribution is 5.71. The first-order valence-corrected chi connectivity index (χ1v) is 8.07. The second-order valence-corrected chi connectivity index (χ2v) is 7.26. The SMILES string of the molecule is CC(C)c1ccc(N)cc1C[C@@H](CC(=O)O)NC(=O)OC(C)(C)C. The van der Waals surface area contributed by atoms with Crippen molar-refractivity contribution in [2.75, 3.05) is 5.73 Å². The standard InChI is InChI=1S/C18H28N2O4/c1-11(2)15-7-6-13(19)8-12(15)9-14(10-16(21)22)20-17(23)24-18(3,4)5/h6-8,11,14H,9-10,19H2,1-5H3,(H,20,23)(H,21,22)/t14-/m0/s1. The van der Waals surface area contributed by atoms with Gasteiger partial charge in [0.1, 0.15) is 5.60 Å². The number of nitrogens with two attached hydrogens (primary N) is 1. The van der Waals surface area contributed by atoms with Crippen LogP contribution < -0.4 is 11.1 Å². The molecule has 1 aromatic carbocycles. The van der Waals surface area contributed by atoms with E-state index < -0.39 is 23.7 Å². The number of amides is 1. The number of nitrogens with one attached hydrogen (secondary N) is 1. The van der Waals surface area contributed by atoms with Gasteiger partial charge < -0.3 is 20.9 Å². The Morgan fingerprint density at radius 3 is 2.42 bits per heavy atom. The number of hydrogen-bond donors (Lipinski definition) is 3. The Bertz CT molecular complexity index is 591. The van der Waals surface area contributed by atoms with E-state index in [2.05, 4.69) is 19.2 Å². The highest BCUT2D eigenvalue weighted by atomic mass is 16.6. The maximum atomic E-state index is 12.0. The number of alkyl carbamates (subject to hydrolysis) is 1. The van der Waals surface area contributed by atoms with Gasteiger partial charge in [0.2, 0.25) is 0 Å². The molecule has 0 saturated heterocycles. The summed E-state index contributed by atoms with van der Waals surface area (Å²) in [5, 5.41) is 11.8. The highest BCUT2D eigenvalue weighted by Gasteiger charge is 2.22. The van der Waals surface area contributed by atoms with Crippen LogP contribution in [-0.4, -0.2) is 28.8 Å². The maximum Gasteiger partial charge on any atom is 0.407 e. The molecule has 1 aromatic rings. The lowest BCUT2D eigenvalue weighted by molar-refractivity contribution is -0.137. The number of ether oxygens (including phenoxy) is 1. The molecule has 0 fully saturated rings.